The zero-order chi connectivity index (χ0) is 21.8. The molecule has 4 rings (SSSR count). The predicted octanol–water partition coefficient (Wildman–Crippen LogP) is 5.74. The summed E-state index contributed by atoms with van der Waals surface area (Å²) in [5.41, 5.74) is 4.60. The molecule has 2 heterocycles. The molecule has 2 N–H and O–H groups in total. The van der Waals surface area contributed by atoms with E-state index in [0.717, 1.165) is 45.3 Å². The number of ether oxygens (including phenoxy) is 1. The molecule has 2 aromatic heterocycles. The van der Waals surface area contributed by atoms with E-state index in [0.29, 0.717) is 23.7 Å². The molecule has 0 aliphatic heterocycles. The van der Waals surface area contributed by atoms with Crippen LogP contribution in [0, 0.1) is 6.92 Å². The zero-order valence-corrected chi connectivity index (χ0v) is 19.0. The summed E-state index contributed by atoms with van der Waals surface area (Å²) in [6.45, 7) is 4.86. The van der Waals surface area contributed by atoms with Crippen LogP contribution in [0.3, 0.4) is 0 Å². The Morgan fingerprint density at radius 2 is 1.71 bits per heavy atom. The Morgan fingerprint density at radius 1 is 1.00 bits per heavy atom. The molecule has 7 heteroatoms. The largest absolute Gasteiger partial charge is 0.494 e. The minimum Gasteiger partial charge on any atom is -0.494 e. The van der Waals surface area contributed by atoms with Crippen LogP contribution in [0.25, 0.3) is 33.8 Å². The predicted molar refractivity (Wildman–Crippen MR) is 126 cm³/mol. The van der Waals surface area contributed by atoms with Gasteiger partial charge in [0.05, 0.1) is 22.3 Å². The van der Waals surface area contributed by atoms with Crippen molar-refractivity contribution >= 4 is 15.9 Å². The van der Waals surface area contributed by atoms with Gasteiger partial charge in [-0.3, -0.25) is 4.79 Å². The molecule has 0 saturated carbocycles. The number of nitrogens with zero attached hydrogens (tertiary/aromatic N) is 2. The van der Waals surface area contributed by atoms with E-state index in [4.69, 9.17) is 4.74 Å². The first-order chi connectivity index (χ1) is 15.1. The molecule has 0 spiro atoms. The maximum absolute atomic E-state index is 13.2. The molecule has 0 bridgehead atoms. The summed E-state index contributed by atoms with van der Waals surface area (Å²) < 4.78 is 6.54. The average molecular weight is 479 g/mol. The second kappa shape index (κ2) is 9.31. The second-order valence-electron chi connectivity index (χ2n) is 7.32. The van der Waals surface area contributed by atoms with Gasteiger partial charge in [0, 0.05) is 5.56 Å². The summed E-state index contributed by atoms with van der Waals surface area (Å²) in [5.74, 6) is 1.23. The van der Waals surface area contributed by atoms with Crippen molar-refractivity contribution in [2.75, 3.05) is 6.61 Å². The van der Waals surface area contributed by atoms with Gasteiger partial charge in [0.15, 0.2) is 5.82 Å². The van der Waals surface area contributed by atoms with E-state index >= 15 is 0 Å². The monoisotopic (exact) mass is 478 g/mol. The molecule has 31 heavy (non-hydrogen) atoms. The average Bonchev–Trinajstić information content (AvgIpc) is 3.31. The molecule has 4 aromatic rings. The number of hydrogen-bond acceptors (Lipinski definition) is 4. The van der Waals surface area contributed by atoms with Crippen LogP contribution in [0.15, 0.2) is 64.1 Å². The number of H-pyrrole nitrogens is 2. The second-order valence-corrected chi connectivity index (χ2v) is 8.12. The highest BCUT2D eigenvalue weighted by Crippen LogP contribution is 2.39. The Morgan fingerprint density at radius 3 is 2.35 bits per heavy atom. The fourth-order valence-corrected chi connectivity index (χ4v) is 4.13. The van der Waals surface area contributed by atoms with E-state index < -0.39 is 0 Å². The van der Waals surface area contributed by atoms with E-state index in [1.807, 2.05) is 55.5 Å². The molecule has 158 valence electrons. The summed E-state index contributed by atoms with van der Waals surface area (Å²) in [5, 5.41) is 7.93. The number of benzene rings is 2. The van der Waals surface area contributed by atoms with E-state index in [1.165, 1.54) is 6.33 Å². The fourth-order valence-electron chi connectivity index (χ4n) is 3.38. The van der Waals surface area contributed by atoms with Gasteiger partial charge in [-0.1, -0.05) is 43.2 Å². The minimum atomic E-state index is -0.242. The van der Waals surface area contributed by atoms with Crippen LogP contribution in [-0.2, 0) is 0 Å². The van der Waals surface area contributed by atoms with Gasteiger partial charge in [-0.05, 0) is 64.7 Å². The lowest BCUT2D eigenvalue weighted by molar-refractivity contribution is 0.309. The Labute approximate surface area is 188 Å². The van der Waals surface area contributed by atoms with Gasteiger partial charge in [-0.15, -0.1) is 10.2 Å². The molecule has 0 atom stereocenters. The van der Waals surface area contributed by atoms with Gasteiger partial charge >= 0.3 is 0 Å². The molecule has 0 radical (unpaired) electrons. The van der Waals surface area contributed by atoms with Crippen molar-refractivity contribution < 1.29 is 4.74 Å². The summed E-state index contributed by atoms with van der Waals surface area (Å²) in [6.07, 6.45) is 3.57. The molecule has 2 aromatic carbocycles. The first-order valence-electron chi connectivity index (χ1n) is 10.2. The lowest BCUT2D eigenvalue weighted by Gasteiger charge is -2.15. The normalized spacial score (nSPS) is 10.9. The molecule has 0 fully saturated rings. The van der Waals surface area contributed by atoms with Crippen molar-refractivity contribution in [2.24, 2.45) is 0 Å². The van der Waals surface area contributed by atoms with E-state index in [9.17, 15) is 4.79 Å². The molecule has 6 nitrogen and oxygen atoms in total. The lowest BCUT2D eigenvalue weighted by atomic mass is 9.97. The first kappa shape index (κ1) is 21.1. The third-order valence-corrected chi connectivity index (χ3v) is 5.85. The highest BCUT2D eigenvalue weighted by atomic mass is 79.9. The maximum Gasteiger partial charge on any atom is 0.260 e. The quantitative estimate of drug-likeness (QED) is 0.331. The summed E-state index contributed by atoms with van der Waals surface area (Å²) in [6, 6.07) is 15.8. The number of unbranched alkanes of at least 4 members (excludes halogenated alkanes) is 1. The molecular formula is C24H23BrN4O2. The molecule has 0 saturated heterocycles. The van der Waals surface area contributed by atoms with E-state index in [-0.39, 0.29) is 5.56 Å². The van der Waals surface area contributed by atoms with Crippen molar-refractivity contribution in [1.29, 1.82) is 0 Å². The SMILES string of the molecule is CCCCOc1ccc(-c2[nH]c(=O)c(-c3nnc[nH]3)c(-c3ccc(C)cc3)c2Br)cc1. The third kappa shape index (κ3) is 4.46. The topological polar surface area (TPSA) is 83.7 Å². The fraction of sp³-hybridized carbons (Fsp3) is 0.208. The molecule has 0 aliphatic carbocycles. The Kier molecular flexibility index (Phi) is 6.32. The van der Waals surface area contributed by atoms with Gasteiger partial charge in [0.2, 0.25) is 0 Å². The van der Waals surface area contributed by atoms with Crippen molar-refractivity contribution in [1.82, 2.24) is 20.2 Å². The number of rotatable bonds is 7. The number of aryl methyl sites for hydroxylation is 1. The minimum absolute atomic E-state index is 0.242. The maximum atomic E-state index is 13.2. The van der Waals surface area contributed by atoms with Crippen LogP contribution in [0.1, 0.15) is 25.3 Å². The summed E-state index contributed by atoms with van der Waals surface area (Å²) in [4.78, 5) is 19.1. The van der Waals surface area contributed by atoms with Crippen molar-refractivity contribution in [3.63, 3.8) is 0 Å². The molecular weight excluding hydrogens is 456 g/mol. The number of aromatic nitrogens is 4. The highest BCUT2D eigenvalue weighted by Gasteiger charge is 2.21. The molecule has 0 aliphatic rings. The van der Waals surface area contributed by atoms with Crippen LogP contribution in [0.2, 0.25) is 0 Å². The van der Waals surface area contributed by atoms with Crippen LogP contribution in [0.5, 0.6) is 5.75 Å². The number of nitrogens with one attached hydrogen (secondary N) is 2. The highest BCUT2D eigenvalue weighted by molar-refractivity contribution is 9.10. The Bertz CT molecular complexity index is 1210. The number of halogens is 1. The van der Waals surface area contributed by atoms with Gasteiger partial charge < -0.3 is 14.7 Å². The lowest BCUT2D eigenvalue weighted by Crippen LogP contribution is -2.14. The van der Waals surface area contributed by atoms with Crippen LogP contribution < -0.4 is 10.3 Å². The summed E-state index contributed by atoms with van der Waals surface area (Å²) in [7, 11) is 0. The number of hydrogen-bond donors (Lipinski definition) is 2. The van der Waals surface area contributed by atoms with Crippen molar-refractivity contribution in [3.05, 3.63) is 75.2 Å². The zero-order valence-electron chi connectivity index (χ0n) is 17.4. The van der Waals surface area contributed by atoms with Gasteiger partial charge in [-0.25, -0.2) is 0 Å². The molecule has 0 unspecified atom stereocenters. The summed E-state index contributed by atoms with van der Waals surface area (Å²) >= 11 is 3.75. The van der Waals surface area contributed by atoms with Crippen molar-refractivity contribution in [2.45, 2.75) is 26.7 Å². The smallest absolute Gasteiger partial charge is 0.260 e. The van der Waals surface area contributed by atoms with Gasteiger partial charge in [0.1, 0.15) is 12.1 Å². The third-order valence-electron chi connectivity index (χ3n) is 5.06. The first-order valence-corrected chi connectivity index (χ1v) is 11.0. The number of pyridine rings is 1. The van der Waals surface area contributed by atoms with Crippen LogP contribution in [-0.4, -0.2) is 26.8 Å². The standard InChI is InChI=1S/C24H23BrN4O2/c1-3-4-13-31-18-11-9-17(10-12-18)22-21(25)19(16-7-5-15(2)6-8-16)20(24(30)28-22)23-26-14-27-29-23/h5-12,14H,3-4,13H2,1-2H3,(H,28,30)(H,26,27,29). The van der Waals surface area contributed by atoms with Crippen molar-refractivity contribution in [3.8, 4) is 39.5 Å². The Balaban J connectivity index is 1.84. The Hall–Kier alpha value is -3.19. The van der Waals surface area contributed by atoms with E-state index in [1.54, 1.807) is 0 Å². The van der Waals surface area contributed by atoms with Gasteiger partial charge in [0.25, 0.3) is 5.56 Å². The van der Waals surface area contributed by atoms with E-state index in [2.05, 4.69) is 43.0 Å². The number of aromatic amines is 2. The van der Waals surface area contributed by atoms with Crippen LogP contribution in [0.4, 0.5) is 0 Å². The van der Waals surface area contributed by atoms with Crippen LogP contribution >= 0.6 is 15.9 Å². The molecule has 0 amide bonds. The van der Waals surface area contributed by atoms with Gasteiger partial charge in [-0.2, -0.15) is 0 Å².